The molecule has 4 nitrogen and oxygen atoms in total. The third-order valence-electron chi connectivity index (χ3n) is 3.72. The molecule has 0 atom stereocenters. The Kier molecular flexibility index (Phi) is 3.30. The van der Waals surface area contributed by atoms with Crippen molar-refractivity contribution in [3.05, 3.63) is 35.9 Å². The van der Waals surface area contributed by atoms with E-state index in [1.807, 2.05) is 36.1 Å². The lowest BCUT2D eigenvalue weighted by atomic mass is 10.1. The minimum Gasteiger partial charge on any atom is -0.481 e. The summed E-state index contributed by atoms with van der Waals surface area (Å²) in [5.41, 5.74) is 1.48. The summed E-state index contributed by atoms with van der Waals surface area (Å²) >= 11 is 0. The molecule has 1 aromatic carbocycles. The van der Waals surface area contributed by atoms with Gasteiger partial charge >= 0.3 is 0 Å². The van der Waals surface area contributed by atoms with Gasteiger partial charge < -0.3 is 9.64 Å². The minimum atomic E-state index is 0.0758. The highest BCUT2D eigenvalue weighted by Gasteiger charge is 2.32. The van der Waals surface area contributed by atoms with Gasteiger partial charge in [-0.05, 0) is 25.8 Å². The van der Waals surface area contributed by atoms with Gasteiger partial charge in [0.1, 0.15) is 0 Å². The van der Waals surface area contributed by atoms with Gasteiger partial charge in [0, 0.05) is 24.0 Å². The Morgan fingerprint density at radius 2 is 2.15 bits per heavy atom. The molecule has 1 aliphatic rings. The number of ether oxygens (including phenoxy) is 1. The number of nitrogens with zero attached hydrogens (tertiary/aromatic N) is 2. The zero-order valence-corrected chi connectivity index (χ0v) is 11.8. The average Bonchev–Trinajstić information content (AvgIpc) is 3.31. The number of fused-ring (bicyclic) bond motifs is 1. The van der Waals surface area contributed by atoms with Gasteiger partial charge in [-0.15, -0.1) is 0 Å². The van der Waals surface area contributed by atoms with Crippen molar-refractivity contribution in [1.29, 1.82) is 0 Å². The normalized spacial score (nSPS) is 14.3. The van der Waals surface area contributed by atoms with Crippen LogP contribution in [0.4, 0.5) is 0 Å². The van der Waals surface area contributed by atoms with Crippen LogP contribution in [0.1, 0.15) is 30.1 Å². The summed E-state index contributed by atoms with van der Waals surface area (Å²) in [7, 11) is 1.57. The lowest BCUT2D eigenvalue weighted by Gasteiger charge is -2.21. The van der Waals surface area contributed by atoms with Crippen molar-refractivity contribution in [3.63, 3.8) is 0 Å². The van der Waals surface area contributed by atoms with Gasteiger partial charge in [-0.2, -0.15) is 0 Å². The number of benzene rings is 1. The number of methoxy groups -OCH3 is 1. The van der Waals surface area contributed by atoms with Gasteiger partial charge in [0.15, 0.2) is 0 Å². The Morgan fingerprint density at radius 3 is 2.80 bits per heavy atom. The van der Waals surface area contributed by atoms with E-state index in [1.54, 1.807) is 13.2 Å². The highest BCUT2D eigenvalue weighted by atomic mass is 16.5. The first-order valence-corrected chi connectivity index (χ1v) is 6.99. The molecule has 4 heteroatoms. The van der Waals surface area contributed by atoms with E-state index >= 15 is 0 Å². The maximum Gasteiger partial charge on any atom is 0.254 e. The molecule has 0 aliphatic heterocycles. The highest BCUT2D eigenvalue weighted by molar-refractivity contribution is 6.06. The van der Waals surface area contributed by atoms with E-state index in [1.165, 1.54) is 0 Å². The molecule has 0 spiro atoms. The van der Waals surface area contributed by atoms with E-state index in [4.69, 9.17) is 4.74 Å². The molecular weight excluding hydrogens is 252 g/mol. The molecule has 0 unspecified atom stereocenters. The molecule has 1 heterocycles. The van der Waals surface area contributed by atoms with Crippen LogP contribution in [0, 0.1) is 0 Å². The first-order chi connectivity index (χ1) is 9.74. The first-order valence-electron chi connectivity index (χ1n) is 6.99. The second kappa shape index (κ2) is 5.12. The number of para-hydroxylation sites is 1. The van der Waals surface area contributed by atoms with E-state index in [-0.39, 0.29) is 5.91 Å². The molecule has 1 fully saturated rings. The fourth-order valence-electron chi connectivity index (χ4n) is 2.54. The van der Waals surface area contributed by atoms with Crippen molar-refractivity contribution in [2.75, 3.05) is 13.7 Å². The van der Waals surface area contributed by atoms with Gasteiger partial charge in [-0.3, -0.25) is 4.79 Å². The molecule has 1 aliphatic carbocycles. The van der Waals surface area contributed by atoms with Crippen molar-refractivity contribution < 1.29 is 9.53 Å². The number of carbonyl (C=O) groups excluding carboxylic acids is 1. The van der Waals surface area contributed by atoms with Gasteiger partial charge in [0.2, 0.25) is 5.88 Å². The van der Waals surface area contributed by atoms with E-state index in [2.05, 4.69) is 4.98 Å². The average molecular weight is 270 g/mol. The van der Waals surface area contributed by atoms with E-state index < -0.39 is 0 Å². The largest absolute Gasteiger partial charge is 0.481 e. The Hall–Kier alpha value is -2.10. The summed E-state index contributed by atoms with van der Waals surface area (Å²) in [5.74, 6) is 0.561. The summed E-state index contributed by atoms with van der Waals surface area (Å²) in [6, 6.07) is 9.85. The summed E-state index contributed by atoms with van der Waals surface area (Å²) in [6.45, 7) is 2.76. The quantitative estimate of drug-likeness (QED) is 0.858. The van der Waals surface area contributed by atoms with E-state index in [9.17, 15) is 4.79 Å². The zero-order chi connectivity index (χ0) is 14.1. The fourth-order valence-corrected chi connectivity index (χ4v) is 2.54. The van der Waals surface area contributed by atoms with Crippen LogP contribution in [-0.2, 0) is 0 Å². The minimum absolute atomic E-state index is 0.0758. The third kappa shape index (κ3) is 2.22. The maximum atomic E-state index is 12.8. The molecule has 104 valence electrons. The van der Waals surface area contributed by atoms with Crippen LogP contribution in [0.5, 0.6) is 5.88 Å². The topological polar surface area (TPSA) is 42.4 Å². The predicted octanol–water partition coefficient (Wildman–Crippen LogP) is 2.87. The molecule has 0 N–H and O–H groups in total. The number of rotatable bonds is 4. The second-order valence-electron chi connectivity index (χ2n) is 5.05. The van der Waals surface area contributed by atoms with Gasteiger partial charge in [0.25, 0.3) is 5.91 Å². The molecule has 0 saturated heterocycles. The van der Waals surface area contributed by atoms with E-state index in [0.29, 0.717) is 17.5 Å². The van der Waals surface area contributed by atoms with E-state index in [0.717, 1.165) is 30.3 Å². The van der Waals surface area contributed by atoms with Crippen molar-refractivity contribution in [2.45, 2.75) is 25.8 Å². The van der Waals surface area contributed by atoms with Crippen molar-refractivity contribution in [2.24, 2.45) is 0 Å². The van der Waals surface area contributed by atoms with Crippen LogP contribution in [0.2, 0.25) is 0 Å². The molecule has 1 amide bonds. The lowest BCUT2D eigenvalue weighted by molar-refractivity contribution is 0.0754. The Labute approximate surface area is 118 Å². The Morgan fingerprint density at radius 1 is 1.40 bits per heavy atom. The van der Waals surface area contributed by atoms with Crippen LogP contribution in [0.15, 0.2) is 30.3 Å². The molecule has 2 aromatic rings. The SMILES string of the molecule is CCN(C(=O)c1cc(OC)nc2ccccc12)C1CC1. The molecule has 1 saturated carbocycles. The van der Waals surface area contributed by atoms with Crippen LogP contribution >= 0.6 is 0 Å². The number of amides is 1. The lowest BCUT2D eigenvalue weighted by Crippen LogP contribution is -2.33. The number of carbonyl (C=O) groups is 1. The van der Waals surface area contributed by atoms with Gasteiger partial charge in [-0.1, -0.05) is 18.2 Å². The van der Waals surface area contributed by atoms with Crippen molar-refractivity contribution in [3.8, 4) is 5.88 Å². The fraction of sp³-hybridized carbons (Fsp3) is 0.375. The maximum absolute atomic E-state index is 12.8. The number of pyridine rings is 1. The summed E-state index contributed by atoms with van der Waals surface area (Å²) < 4.78 is 5.22. The monoisotopic (exact) mass is 270 g/mol. The van der Waals surface area contributed by atoms with Crippen LogP contribution in [0.25, 0.3) is 10.9 Å². The molecule has 0 bridgehead atoms. The highest BCUT2D eigenvalue weighted by Crippen LogP contribution is 2.30. The number of aromatic nitrogens is 1. The van der Waals surface area contributed by atoms with Crippen molar-refractivity contribution >= 4 is 16.8 Å². The summed E-state index contributed by atoms with van der Waals surface area (Å²) in [4.78, 5) is 19.1. The molecular formula is C16H18N2O2. The standard InChI is InChI=1S/C16H18N2O2/c1-3-18(11-8-9-11)16(19)13-10-15(20-2)17-14-7-5-4-6-12(13)14/h4-7,10-11H,3,8-9H2,1-2H3. The Bertz CT molecular complexity index is 650. The number of hydrogen-bond acceptors (Lipinski definition) is 3. The van der Waals surface area contributed by atoms with Crippen LogP contribution in [0.3, 0.4) is 0 Å². The first kappa shape index (κ1) is 12.9. The zero-order valence-electron chi connectivity index (χ0n) is 11.8. The van der Waals surface area contributed by atoms with Gasteiger partial charge in [0.05, 0.1) is 18.2 Å². The second-order valence-corrected chi connectivity index (χ2v) is 5.05. The molecule has 1 aromatic heterocycles. The summed E-state index contributed by atoms with van der Waals surface area (Å²) in [6.07, 6.45) is 2.22. The molecule has 20 heavy (non-hydrogen) atoms. The van der Waals surface area contributed by atoms with Crippen LogP contribution in [-0.4, -0.2) is 35.5 Å². The summed E-state index contributed by atoms with van der Waals surface area (Å²) in [5, 5.41) is 0.886. The number of hydrogen-bond donors (Lipinski definition) is 0. The predicted molar refractivity (Wildman–Crippen MR) is 78.0 cm³/mol. The third-order valence-corrected chi connectivity index (χ3v) is 3.72. The van der Waals surface area contributed by atoms with Crippen LogP contribution < -0.4 is 4.74 Å². The molecule has 3 rings (SSSR count). The molecule has 0 radical (unpaired) electrons. The van der Waals surface area contributed by atoms with Gasteiger partial charge in [-0.25, -0.2) is 4.98 Å². The van der Waals surface area contributed by atoms with Crippen molar-refractivity contribution in [1.82, 2.24) is 9.88 Å². The Balaban J connectivity index is 2.11. The smallest absolute Gasteiger partial charge is 0.254 e.